The van der Waals surface area contributed by atoms with Crippen LogP contribution < -0.4 is 0 Å². The van der Waals surface area contributed by atoms with Crippen LogP contribution in [0.25, 0.3) is 5.57 Å². The highest BCUT2D eigenvalue weighted by atomic mass is 32.2. The lowest BCUT2D eigenvalue weighted by Gasteiger charge is -2.34. The van der Waals surface area contributed by atoms with Gasteiger partial charge in [0.1, 0.15) is 0 Å². The van der Waals surface area contributed by atoms with Gasteiger partial charge in [-0.1, -0.05) is 60.2 Å². The van der Waals surface area contributed by atoms with Crippen LogP contribution in [0.3, 0.4) is 0 Å². The molecule has 0 saturated heterocycles. The molecule has 0 N–H and O–H groups in total. The van der Waals surface area contributed by atoms with Gasteiger partial charge in [-0.25, -0.2) is 8.42 Å². The quantitative estimate of drug-likeness (QED) is 0.687. The summed E-state index contributed by atoms with van der Waals surface area (Å²) in [5.41, 5.74) is 3.22. The van der Waals surface area contributed by atoms with Gasteiger partial charge in [-0.2, -0.15) is 4.31 Å². The van der Waals surface area contributed by atoms with Crippen molar-refractivity contribution < 1.29 is 8.42 Å². The van der Waals surface area contributed by atoms with Gasteiger partial charge in [0.05, 0.1) is 10.9 Å². The van der Waals surface area contributed by atoms with E-state index in [1.54, 1.807) is 22.5 Å². The number of allylic oxidation sites excluding steroid dienone is 1. The van der Waals surface area contributed by atoms with Crippen molar-refractivity contribution in [3.05, 3.63) is 84.5 Å². The van der Waals surface area contributed by atoms with Crippen molar-refractivity contribution in [3.8, 4) is 0 Å². The third kappa shape index (κ3) is 3.81. The molecule has 1 atom stereocenters. The van der Waals surface area contributed by atoms with Crippen molar-refractivity contribution in [3.63, 3.8) is 0 Å². The van der Waals surface area contributed by atoms with Crippen LogP contribution in [-0.4, -0.2) is 25.3 Å². The fourth-order valence-corrected chi connectivity index (χ4v) is 5.07. The summed E-state index contributed by atoms with van der Waals surface area (Å²) in [7, 11) is -3.60. The van der Waals surface area contributed by atoms with Crippen LogP contribution in [0, 0.1) is 6.92 Å². The second kappa shape index (κ2) is 8.02. The second-order valence-electron chi connectivity index (χ2n) is 6.65. The zero-order chi connectivity index (χ0) is 18.6. The molecule has 0 radical (unpaired) electrons. The molecular formula is C22H25NO2S. The van der Waals surface area contributed by atoms with Crippen molar-refractivity contribution in [1.82, 2.24) is 4.31 Å². The Bertz CT molecular complexity index is 883. The summed E-state index contributed by atoms with van der Waals surface area (Å²) in [5.74, 6) is 0. The number of aryl methyl sites for hydroxylation is 1. The summed E-state index contributed by atoms with van der Waals surface area (Å²) in [5, 5.41) is 0. The summed E-state index contributed by atoms with van der Waals surface area (Å²) in [6, 6.07) is 17.0. The zero-order valence-electron chi connectivity index (χ0n) is 15.1. The van der Waals surface area contributed by atoms with Gasteiger partial charge in [-0.15, -0.1) is 6.58 Å². The standard InChI is InChI=1S/C22H25NO2S/c1-3-17-23(26(24,25)20-15-13-18(2)14-16-20)22-12-8-7-11-21(22)19-9-5-4-6-10-19/h3-6,9-11,13-16,22H,1,7-8,12,17H2,2H3. The molecule has 3 rings (SSSR count). The van der Waals surface area contributed by atoms with Crippen LogP contribution >= 0.6 is 0 Å². The van der Waals surface area contributed by atoms with E-state index >= 15 is 0 Å². The Hall–Kier alpha value is -2.17. The molecule has 0 fully saturated rings. The highest BCUT2D eigenvalue weighted by Gasteiger charge is 2.34. The molecule has 1 aliphatic rings. The molecule has 0 spiro atoms. The molecule has 0 saturated carbocycles. The first kappa shape index (κ1) is 18.6. The van der Waals surface area contributed by atoms with Crippen molar-refractivity contribution >= 4 is 15.6 Å². The normalized spacial score (nSPS) is 17.8. The third-order valence-corrected chi connectivity index (χ3v) is 6.69. The molecule has 2 aromatic rings. The van der Waals surface area contributed by atoms with E-state index in [-0.39, 0.29) is 6.04 Å². The summed E-state index contributed by atoms with van der Waals surface area (Å²) in [6.07, 6.45) is 6.64. The molecule has 136 valence electrons. The SMILES string of the molecule is C=CCN(C1CCCC=C1c1ccccc1)S(=O)(=O)c1ccc(C)cc1. The summed E-state index contributed by atoms with van der Waals surface area (Å²) < 4.78 is 28.3. The van der Waals surface area contributed by atoms with Gasteiger partial charge < -0.3 is 0 Å². The lowest BCUT2D eigenvalue weighted by atomic mass is 9.89. The van der Waals surface area contributed by atoms with Crippen LogP contribution in [0.1, 0.15) is 30.4 Å². The van der Waals surface area contributed by atoms with Crippen LogP contribution in [0.15, 0.2) is 78.2 Å². The van der Waals surface area contributed by atoms with Gasteiger partial charge in [-0.05, 0) is 49.5 Å². The van der Waals surface area contributed by atoms with Crippen molar-refractivity contribution in [2.45, 2.75) is 37.1 Å². The molecule has 1 aliphatic carbocycles. The first-order chi connectivity index (χ1) is 12.5. The number of hydrogen-bond acceptors (Lipinski definition) is 2. The topological polar surface area (TPSA) is 37.4 Å². The molecule has 3 nitrogen and oxygen atoms in total. The molecular weight excluding hydrogens is 342 g/mol. The fourth-order valence-electron chi connectivity index (χ4n) is 3.47. The Labute approximate surface area is 156 Å². The van der Waals surface area contributed by atoms with Gasteiger partial charge in [0.25, 0.3) is 0 Å². The molecule has 2 aromatic carbocycles. The van der Waals surface area contributed by atoms with E-state index in [0.717, 1.165) is 36.0 Å². The smallest absolute Gasteiger partial charge is 0.207 e. The Kier molecular flexibility index (Phi) is 5.74. The lowest BCUT2D eigenvalue weighted by Crippen LogP contribution is -2.42. The van der Waals surface area contributed by atoms with Crippen LogP contribution in [0.4, 0.5) is 0 Å². The molecule has 0 aliphatic heterocycles. The minimum Gasteiger partial charge on any atom is -0.207 e. The van der Waals surface area contributed by atoms with Crippen LogP contribution in [0.5, 0.6) is 0 Å². The number of nitrogens with zero attached hydrogens (tertiary/aromatic N) is 1. The molecule has 0 bridgehead atoms. The molecule has 0 aromatic heterocycles. The maximum Gasteiger partial charge on any atom is 0.243 e. The third-order valence-electron chi connectivity index (χ3n) is 4.80. The molecule has 1 unspecified atom stereocenters. The summed E-state index contributed by atoms with van der Waals surface area (Å²) >= 11 is 0. The number of benzene rings is 2. The maximum absolute atomic E-state index is 13.4. The summed E-state index contributed by atoms with van der Waals surface area (Å²) in [4.78, 5) is 0.336. The first-order valence-corrected chi connectivity index (χ1v) is 10.4. The highest BCUT2D eigenvalue weighted by molar-refractivity contribution is 7.89. The van der Waals surface area contributed by atoms with Crippen molar-refractivity contribution in [1.29, 1.82) is 0 Å². The Balaban J connectivity index is 2.03. The molecule has 26 heavy (non-hydrogen) atoms. The maximum atomic E-state index is 13.4. The Morgan fingerprint density at radius 1 is 1.12 bits per heavy atom. The largest absolute Gasteiger partial charge is 0.243 e. The minimum absolute atomic E-state index is 0.171. The summed E-state index contributed by atoms with van der Waals surface area (Å²) in [6.45, 7) is 6.04. The number of rotatable bonds is 6. The van der Waals surface area contributed by atoms with Gasteiger partial charge >= 0.3 is 0 Å². The van der Waals surface area contributed by atoms with Gasteiger partial charge in [-0.3, -0.25) is 0 Å². The molecule has 4 heteroatoms. The second-order valence-corrected chi connectivity index (χ2v) is 8.54. The average molecular weight is 368 g/mol. The van der Waals surface area contributed by atoms with E-state index in [1.807, 2.05) is 37.3 Å². The van der Waals surface area contributed by atoms with E-state index in [4.69, 9.17) is 0 Å². The van der Waals surface area contributed by atoms with Gasteiger partial charge in [0.15, 0.2) is 0 Å². The first-order valence-electron chi connectivity index (χ1n) is 8.99. The Morgan fingerprint density at radius 3 is 2.46 bits per heavy atom. The van der Waals surface area contributed by atoms with Crippen molar-refractivity contribution in [2.75, 3.05) is 6.54 Å². The molecule has 0 heterocycles. The predicted molar refractivity (Wildman–Crippen MR) is 107 cm³/mol. The van der Waals surface area contributed by atoms with E-state index < -0.39 is 10.0 Å². The van der Waals surface area contributed by atoms with Crippen LogP contribution in [-0.2, 0) is 10.0 Å². The van der Waals surface area contributed by atoms with Crippen LogP contribution in [0.2, 0.25) is 0 Å². The predicted octanol–water partition coefficient (Wildman–Crippen LogP) is 4.81. The lowest BCUT2D eigenvalue weighted by molar-refractivity contribution is 0.370. The zero-order valence-corrected chi connectivity index (χ0v) is 16.0. The number of sulfonamides is 1. The van der Waals surface area contributed by atoms with Gasteiger partial charge in [0, 0.05) is 6.54 Å². The Morgan fingerprint density at radius 2 is 1.81 bits per heavy atom. The highest BCUT2D eigenvalue weighted by Crippen LogP contribution is 2.34. The van der Waals surface area contributed by atoms with Crippen molar-refractivity contribution in [2.24, 2.45) is 0 Å². The van der Waals surface area contributed by atoms with E-state index in [2.05, 4.69) is 24.8 Å². The monoisotopic (exact) mass is 367 g/mol. The number of hydrogen-bond donors (Lipinski definition) is 0. The van der Waals surface area contributed by atoms with E-state index in [0.29, 0.717) is 11.4 Å². The van der Waals surface area contributed by atoms with Gasteiger partial charge in [0.2, 0.25) is 10.0 Å². The van der Waals surface area contributed by atoms with E-state index in [9.17, 15) is 8.42 Å². The molecule has 0 amide bonds. The fraction of sp³-hybridized carbons (Fsp3) is 0.273. The van der Waals surface area contributed by atoms with E-state index in [1.165, 1.54) is 0 Å². The minimum atomic E-state index is -3.60. The average Bonchev–Trinajstić information content (AvgIpc) is 2.67.